The summed E-state index contributed by atoms with van der Waals surface area (Å²) in [5, 5.41) is 11.1. The van der Waals surface area contributed by atoms with Crippen molar-refractivity contribution in [2.45, 2.75) is 39.8 Å². The van der Waals surface area contributed by atoms with E-state index in [1.165, 1.54) is 6.33 Å². The highest BCUT2D eigenvalue weighted by Crippen LogP contribution is 2.22. The van der Waals surface area contributed by atoms with E-state index in [1.807, 2.05) is 35.4 Å². The number of amides is 1. The summed E-state index contributed by atoms with van der Waals surface area (Å²) in [6, 6.07) is 7.67. The summed E-state index contributed by atoms with van der Waals surface area (Å²) in [6.07, 6.45) is 4.62. The molecule has 2 aromatic heterocycles. The first-order valence-electron chi connectivity index (χ1n) is 9.02. The third-order valence-corrected chi connectivity index (χ3v) is 4.55. The minimum Gasteiger partial charge on any atom is -0.332 e. The van der Waals surface area contributed by atoms with Gasteiger partial charge >= 0.3 is 0 Å². The molecule has 3 heterocycles. The van der Waals surface area contributed by atoms with Gasteiger partial charge in [0.2, 0.25) is 5.91 Å². The number of carbonyl (C=O) groups excluding carboxylic acids is 1. The van der Waals surface area contributed by atoms with Gasteiger partial charge in [-0.05, 0) is 34.0 Å². The molecule has 1 amide bonds. The van der Waals surface area contributed by atoms with Crippen LogP contribution in [-0.4, -0.2) is 41.0 Å². The lowest BCUT2D eigenvalue weighted by Gasteiger charge is -2.15. The Balaban J connectivity index is 1.40. The van der Waals surface area contributed by atoms with Crippen molar-refractivity contribution in [3.8, 4) is 5.69 Å². The Labute approximate surface area is 157 Å². The van der Waals surface area contributed by atoms with Crippen LogP contribution in [0.15, 0.2) is 36.8 Å². The molecule has 0 fully saturated rings. The van der Waals surface area contributed by atoms with Crippen LogP contribution in [0, 0.1) is 5.92 Å². The predicted octanol–water partition coefficient (Wildman–Crippen LogP) is 1.74. The van der Waals surface area contributed by atoms with E-state index in [9.17, 15) is 4.79 Å². The maximum atomic E-state index is 12.7. The smallest absolute Gasteiger partial charge is 0.227 e. The first kappa shape index (κ1) is 17.3. The summed E-state index contributed by atoms with van der Waals surface area (Å²) < 4.78 is 1.58. The maximum absolute atomic E-state index is 12.7. The fourth-order valence-electron chi connectivity index (χ4n) is 3.17. The molecule has 0 unspecified atom stereocenters. The van der Waals surface area contributed by atoms with Crippen molar-refractivity contribution < 1.29 is 4.79 Å². The summed E-state index contributed by atoms with van der Waals surface area (Å²) in [7, 11) is 0. The van der Waals surface area contributed by atoms with Gasteiger partial charge in [-0.1, -0.05) is 26.0 Å². The fourth-order valence-corrected chi connectivity index (χ4v) is 3.17. The lowest BCUT2D eigenvalue weighted by Crippen LogP contribution is -2.27. The van der Waals surface area contributed by atoms with E-state index in [2.05, 4.69) is 39.3 Å². The molecule has 4 rings (SSSR count). The zero-order valence-corrected chi connectivity index (χ0v) is 15.4. The van der Waals surface area contributed by atoms with Gasteiger partial charge in [-0.3, -0.25) is 4.79 Å². The van der Waals surface area contributed by atoms with E-state index in [-0.39, 0.29) is 5.91 Å². The average Bonchev–Trinajstić information content (AvgIpc) is 3.31. The van der Waals surface area contributed by atoms with E-state index in [4.69, 9.17) is 0 Å². The third-order valence-electron chi connectivity index (χ3n) is 4.55. The number of rotatable bonds is 5. The number of tetrazole rings is 1. The van der Waals surface area contributed by atoms with Gasteiger partial charge in [0.05, 0.1) is 24.3 Å². The van der Waals surface area contributed by atoms with E-state index >= 15 is 0 Å². The standard InChI is InChI=1S/C19H21N7O/c1-13(2)7-18-20-9-15-10-25(11-17(15)22-18)19(27)8-14-3-5-16(6-4-14)26-12-21-23-24-26/h3-6,9,12-13H,7-8,10-11H2,1-2H3. The Morgan fingerprint density at radius 2 is 2.00 bits per heavy atom. The predicted molar refractivity (Wildman–Crippen MR) is 97.7 cm³/mol. The molecule has 0 N–H and O–H groups in total. The van der Waals surface area contributed by atoms with Crippen LogP contribution in [0.25, 0.3) is 5.69 Å². The molecule has 1 aliphatic heterocycles. The van der Waals surface area contributed by atoms with Gasteiger partial charge in [0.1, 0.15) is 12.2 Å². The molecular weight excluding hydrogens is 342 g/mol. The number of nitrogens with zero attached hydrogens (tertiary/aromatic N) is 7. The van der Waals surface area contributed by atoms with E-state index in [0.717, 1.165) is 34.8 Å². The second kappa shape index (κ2) is 7.22. The second-order valence-corrected chi connectivity index (χ2v) is 7.20. The largest absolute Gasteiger partial charge is 0.332 e. The lowest BCUT2D eigenvalue weighted by molar-refractivity contribution is -0.131. The monoisotopic (exact) mass is 363 g/mol. The van der Waals surface area contributed by atoms with Gasteiger partial charge in [-0.25, -0.2) is 14.6 Å². The molecule has 0 radical (unpaired) electrons. The number of aromatic nitrogens is 6. The molecule has 0 saturated heterocycles. The molecule has 27 heavy (non-hydrogen) atoms. The third kappa shape index (κ3) is 3.84. The minimum absolute atomic E-state index is 0.0913. The van der Waals surface area contributed by atoms with Gasteiger partial charge in [0, 0.05) is 24.7 Å². The molecule has 0 atom stereocenters. The molecule has 8 nitrogen and oxygen atoms in total. The number of fused-ring (bicyclic) bond motifs is 1. The van der Waals surface area contributed by atoms with Crippen LogP contribution >= 0.6 is 0 Å². The highest BCUT2D eigenvalue weighted by atomic mass is 16.2. The number of benzene rings is 1. The summed E-state index contributed by atoms with van der Waals surface area (Å²) in [4.78, 5) is 23.6. The van der Waals surface area contributed by atoms with Crippen molar-refractivity contribution in [3.05, 3.63) is 59.4 Å². The van der Waals surface area contributed by atoms with Crippen LogP contribution in [0.5, 0.6) is 0 Å². The molecule has 138 valence electrons. The van der Waals surface area contributed by atoms with Crippen LogP contribution in [0.4, 0.5) is 0 Å². The van der Waals surface area contributed by atoms with Crippen molar-refractivity contribution in [1.82, 2.24) is 35.1 Å². The Hall–Kier alpha value is -3.16. The lowest BCUT2D eigenvalue weighted by atomic mass is 10.1. The van der Waals surface area contributed by atoms with Crippen molar-refractivity contribution in [2.24, 2.45) is 5.92 Å². The fraction of sp³-hybridized carbons (Fsp3) is 0.368. The molecule has 0 bridgehead atoms. The molecular formula is C19H21N7O. The highest BCUT2D eigenvalue weighted by Gasteiger charge is 2.25. The average molecular weight is 363 g/mol. The quantitative estimate of drug-likeness (QED) is 0.686. The van der Waals surface area contributed by atoms with Crippen LogP contribution in [-0.2, 0) is 30.7 Å². The Morgan fingerprint density at radius 1 is 1.19 bits per heavy atom. The number of carbonyl (C=O) groups is 1. The zero-order valence-electron chi connectivity index (χ0n) is 15.4. The number of hydrogen-bond donors (Lipinski definition) is 0. The minimum atomic E-state index is 0.0913. The summed E-state index contributed by atoms with van der Waals surface area (Å²) in [5.74, 6) is 1.46. The van der Waals surface area contributed by atoms with Crippen molar-refractivity contribution in [2.75, 3.05) is 0 Å². The molecule has 1 aliphatic rings. The SMILES string of the molecule is CC(C)Cc1ncc2c(n1)CN(C(=O)Cc1ccc(-n3cnnn3)cc1)C2. The molecule has 0 spiro atoms. The number of hydrogen-bond acceptors (Lipinski definition) is 6. The Bertz CT molecular complexity index is 935. The normalized spacial score (nSPS) is 13.2. The van der Waals surface area contributed by atoms with Crippen molar-refractivity contribution >= 4 is 5.91 Å². The van der Waals surface area contributed by atoms with E-state index < -0.39 is 0 Å². The molecule has 8 heteroatoms. The van der Waals surface area contributed by atoms with Crippen LogP contribution in [0.3, 0.4) is 0 Å². The second-order valence-electron chi connectivity index (χ2n) is 7.20. The highest BCUT2D eigenvalue weighted by molar-refractivity contribution is 5.79. The van der Waals surface area contributed by atoms with Gasteiger partial charge in [0.25, 0.3) is 0 Å². The Kier molecular flexibility index (Phi) is 4.62. The zero-order chi connectivity index (χ0) is 18.8. The molecule has 0 saturated carbocycles. The first-order valence-corrected chi connectivity index (χ1v) is 9.02. The van der Waals surface area contributed by atoms with Gasteiger partial charge in [0.15, 0.2) is 0 Å². The van der Waals surface area contributed by atoms with Gasteiger partial charge in [-0.2, -0.15) is 0 Å². The van der Waals surface area contributed by atoms with Crippen molar-refractivity contribution in [1.29, 1.82) is 0 Å². The van der Waals surface area contributed by atoms with E-state index in [1.54, 1.807) is 4.68 Å². The van der Waals surface area contributed by atoms with Crippen LogP contribution < -0.4 is 0 Å². The summed E-state index contributed by atoms with van der Waals surface area (Å²) >= 11 is 0. The maximum Gasteiger partial charge on any atom is 0.227 e. The van der Waals surface area contributed by atoms with Crippen molar-refractivity contribution in [3.63, 3.8) is 0 Å². The first-order chi connectivity index (χ1) is 13.1. The topological polar surface area (TPSA) is 89.7 Å². The molecule has 1 aromatic carbocycles. The summed E-state index contributed by atoms with van der Waals surface area (Å²) in [6.45, 7) is 5.44. The summed E-state index contributed by atoms with van der Waals surface area (Å²) in [5.41, 5.74) is 3.84. The van der Waals surface area contributed by atoms with Crippen LogP contribution in [0.2, 0.25) is 0 Å². The molecule has 0 aliphatic carbocycles. The van der Waals surface area contributed by atoms with E-state index in [0.29, 0.717) is 25.4 Å². The Morgan fingerprint density at radius 3 is 2.70 bits per heavy atom. The van der Waals surface area contributed by atoms with Gasteiger partial charge < -0.3 is 4.90 Å². The van der Waals surface area contributed by atoms with Crippen LogP contribution in [0.1, 0.15) is 36.5 Å². The van der Waals surface area contributed by atoms with Gasteiger partial charge in [-0.15, -0.1) is 5.10 Å². The molecule has 3 aromatic rings.